The Labute approximate surface area is 166 Å². The Hall–Kier alpha value is -2.73. The lowest BCUT2D eigenvalue weighted by Crippen LogP contribution is -2.32. The average Bonchev–Trinajstić information content (AvgIpc) is 3.37. The first-order valence-electron chi connectivity index (χ1n) is 9.92. The van der Waals surface area contributed by atoms with Crippen molar-refractivity contribution in [1.82, 2.24) is 24.4 Å². The van der Waals surface area contributed by atoms with Gasteiger partial charge in [0.2, 0.25) is 5.88 Å². The zero-order chi connectivity index (χ0) is 19.5. The lowest BCUT2D eigenvalue weighted by atomic mass is 10.0. The molecule has 3 aromatic rings. The molecule has 1 fully saturated rings. The van der Waals surface area contributed by atoms with Gasteiger partial charge in [-0.15, -0.1) is 0 Å². The number of methoxy groups -OCH3 is 1. The van der Waals surface area contributed by atoms with Crippen molar-refractivity contribution >= 4 is 0 Å². The van der Waals surface area contributed by atoms with Gasteiger partial charge in [-0.2, -0.15) is 0 Å². The van der Waals surface area contributed by atoms with Crippen LogP contribution in [0, 0.1) is 6.92 Å². The van der Waals surface area contributed by atoms with Crippen molar-refractivity contribution in [3.63, 3.8) is 0 Å². The Kier molecular flexibility index (Phi) is 5.39. The Morgan fingerprint density at radius 2 is 2.04 bits per heavy atom. The molecule has 2 aromatic heterocycles. The fraction of sp³-hybridized carbons (Fsp3) is 0.409. The summed E-state index contributed by atoms with van der Waals surface area (Å²) in [5.74, 6) is 1.59. The Bertz CT molecular complexity index is 952. The standard InChI is InChI=1S/C22H27N5O/c1-4-26-11-6-9-19(26)14-27-12-10-23-21(27)18-8-5-7-17(13-18)20-16(2)24-15-25-22(20)28-3/h5,7-8,10,12-13,15,19H,4,6,9,11,14H2,1-3H3/t19-/m0/s1. The molecule has 0 amide bonds. The van der Waals surface area contributed by atoms with Gasteiger partial charge in [0.15, 0.2) is 0 Å². The van der Waals surface area contributed by atoms with Gasteiger partial charge in [-0.05, 0) is 44.5 Å². The summed E-state index contributed by atoms with van der Waals surface area (Å²) in [6, 6.07) is 8.98. The third-order valence-electron chi connectivity index (χ3n) is 5.63. The lowest BCUT2D eigenvalue weighted by Gasteiger charge is -2.23. The molecule has 6 heteroatoms. The van der Waals surface area contributed by atoms with Gasteiger partial charge < -0.3 is 9.30 Å². The summed E-state index contributed by atoms with van der Waals surface area (Å²) in [4.78, 5) is 15.8. The zero-order valence-corrected chi connectivity index (χ0v) is 16.8. The molecule has 1 atom stereocenters. The summed E-state index contributed by atoms with van der Waals surface area (Å²) in [7, 11) is 1.64. The summed E-state index contributed by atoms with van der Waals surface area (Å²) in [5.41, 5.74) is 3.96. The Morgan fingerprint density at radius 1 is 1.18 bits per heavy atom. The Balaban J connectivity index is 1.68. The highest BCUT2D eigenvalue weighted by Crippen LogP contribution is 2.32. The van der Waals surface area contributed by atoms with Crippen LogP contribution in [0.1, 0.15) is 25.5 Å². The van der Waals surface area contributed by atoms with Crippen molar-refractivity contribution in [3.05, 3.63) is 48.7 Å². The molecule has 1 aromatic carbocycles. The second-order valence-electron chi connectivity index (χ2n) is 7.25. The van der Waals surface area contributed by atoms with Crippen LogP contribution in [-0.4, -0.2) is 50.7 Å². The number of hydrogen-bond donors (Lipinski definition) is 0. The molecule has 0 unspecified atom stereocenters. The van der Waals surface area contributed by atoms with Crippen LogP contribution in [0.5, 0.6) is 5.88 Å². The van der Waals surface area contributed by atoms with E-state index in [2.05, 4.69) is 61.8 Å². The summed E-state index contributed by atoms with van der Waals surface area (Å²) in [5, 5.41) is 0. The highest BCUT2D eigenvalue weighted by molar-refractivity contribution is 5.75. The van der Waals surface area contributed by atoms with Crippen LogP contribution in [0.4, 0.5) is 0 Å². The zero-order valence-electron chi connectivity index (χ0n) is 16.8. The van der Waals surface area contributed by atoms with Crippen molar-refractivity contribution in [1.29, 1.82) is 0 Å². The van der Waals surface area contributed by atoms with Crippen molar-refractivity contribution in [2.75, 3.05) is 20.2 Å². The predicted octanol–water partition coefficient (Wildman–Crippen LogP) is 3.81. The van der Waals surface area contributed by atoms with E-state index in [1.165, 1.54) is 25.7 Å². The molecular weight excluding hydrogens is 350 g/mol. The van der Waals surface area contributed by atoms with Gasteiger partial charge in [-0.25, -0.2) is 15.0 Å². The average molecular weight is 377 g/mol. The van der Waals surface area contributed by atoms with Crippen LogP contribution < -0.4 is 4.74 Å². The first-order valence-corrected chi connectivity index (χ1v) is 9.92. The molecule has 6 nitrogen and oxygen atoms in total. The third kappa shape index (κ3) is 3.52. The highest BCUT2D eigenvalue weighted by atomic mass is 16.5. The summed E-state index contributed by atoms with van der Waals surface area (Å²) >= 11 is 0. The first kappa shape index (κ1) is 18.6. The molecule has 3 heterocycles. The molecule has 4 rings (SSSR count). The topological polar surface area (TPSA) is 56.1 Å². The van der Waals surface area contributed by atoms with Gasteiger partial charge in [-0.1, -0.05) is 25.1 Å². The molecule has 28 heavy (non-hydrogen) atoms. The van der Waals surface area contributed by atoms with Crippen molar-refractivity contribution in [2.45, 2.75) is 39.3 Å². The van der Waals surface area contributed by atoms with E-state index in [1.807, 2.05) is 13.1 Å². The van der Waals surface area contributed by atoms with E-state index in [-0.39, 0.29) is 0 Å². The molecule has 0 N–H and O–H groups in total. The van der Waals surface area contributed by atoms with Gasteiger partial charge in [-0.3, -0.25) is 4.90 Å². The fourth-order valence-corrected chi connectivity index (χ4v) is 4.21. The predicted molar refractivity (Wildman–Crippen MR) is 110 cm³/mol. The van der Waals surface area contributed by atoms with Gasteiger partial charge in [0, 0.05) is 30.5 Å². The number of rotatable bonds is 6. The van der Waals surface area contributed by atoms with Crippen LogP contribution in [0.15, 0.2) is 43.0 Å². The number of ether oxygens (including phenoxy) is 1. The second-order valence-corrected chi connectivity index (χ2v) is 7.25. The lowest BCUT2D eigenvalue weighted by molar-refractivity contribution is 0.245. The first-order chi connectivity index (χ1) is 13.7. The molecule has 0 saturated carbocycles. The molecule has 0 bridgehead atoms. The van der Waals surface area contributed by atoms with Gasteiger partial charge in [0.05, 0.1) is 18.4 Å². The molecular formula is C22H27N5O. The minimum Gasteiger partial charge on any atom is -0.480 e. The third-order valence-corrected chi connectivity index (χ3v) is 5.63. The van der Waals surface area contributed by atoms with Gasteiger partial charge in [0.25, 0.3) is 0 Å². The van der Waals surface area contributed by atoms with Gasteiger partial charge in [0.1, 0.15) is 12.2 Å². The maximum Gasteiger partial charge on any atom is 0.224 e. The summed E-state index contributed by atoms with van der Waals surface area (Å²) in [6.07, 6.45) is 8.06. The van der Waals surface area contributed by atoms with Crippen LogP contribution in [0.2, 0.25) is 0 Å². The van der Waals surface area contributed by atoms with E-state index in [4.69, 9.17) is 4.74 Å². The van der Waals surface area contributed by atoms with Crippen molar-refractivity contribution in [3.8, 4) is 28.4 Å². The van der Waals surface area contributed by atoms with Crippen molar-refractivity contribution < 1.29 is 4.74 Å². The normalized spacial score (nSPS) is 17.2. The number of aryl methyl sites for hydroxylation is 1. The van der Waals surface area contributed by atoms with Crippen molar-refractivity contribution in [2.24, 2.45) is 0 Å². The number of likely N-dealkylation sites (N-methyl/N-ethyl adjacent to an activating group) is 1. The number of nitrogens with zero attached hydrogens (tertiary/aromatic N) is 5. The monoisotopic (exact) mass is 377 g/mol. The molecule has 1 saturated heterocycles. The number of imidazole rings is 1. The maximum absolute atomic E-state index is 5.47. The van der Waals surface area contributed by atoms with Crippen LogP contribution >= 0.6 is 0 Å². The summed E-state index contributed by atoms with van der Waals surface area (Å²) in [6.45, 7) is 7.51. The van der Waals surface area contributed by atoms with Gasteiger partial charge >= 0.3 is 0 Å². The number of likely N-dealkylation sites (tertiary alicyclic amines) is 1. The van der Waals surface area contributed by atoms with Crippen LogP contribution in [0.25, 0.3) is 22.5 Å². The minimum absolute atomic E-state index is 0.589. The molecule has 146 valence electrons. The summed E-state index contributed by atoms with van der Waals surface area (Å²) < 4.78 is 7.75. The van der Waals surface area contributed by atoms with E-state index in [9.17, 15) is 0 Å². The van der Waals surface area contributed by atoms with E-state index in [0.717, 1.165) is 41.3 Å². The molecule has 0 aliphatic carbocycles. The minimum atomic E-state index is 0.589. The largest absolute Gasteiger partial charge is 0.480 e. The Morgan fingerprint density at radius 3 is 2.86 bits per heavy atom. The SMILES string of the molecule is CCN1CCC[C@H]1Cn1ccnc1-c1cccc(-c2c(C)ncnc2OC)c1. The van der Waals surface area contributed by atoms with E-state index in [1.54, 1.807) is 7.11 Å². The number of hydrogen-bond acceptors (Lipinski definition) is 5. The highest BCUT2D eigenvalue weighted by Gasteiger charge is 2.24. The van der Waals surface area contributed by atoms with Crippen LogP contribution in [0.3, 0.4) is 0 Å². The van der Waals surface area contributed by atoms with E-state index in [0.29, 0.717) is 11.9 Å². The smallest absolute Gasteiger partial charge is 0.224 e. The molecule has 0 spiro atoms. The number of benzene rings is 1. The second kappa shape index (κ2) is 8.10. The fourth-order valence-electron chi connectivity index (χ4n) is 4.21. The van der Waals surface area contributed by atoms with E-state index >= 15 is 0 Å². The number of aromatic nitrogens is 4. The van der Waals surface area contributed by atoms with Crippen LogP contribution in [-0.2, 0) is 6.54 Å². The quantitative estimate of drug-likeness (QED) is 0.654. The van der Waals surface area contributed by atoms with E-state index < -0.39 is 0 Å². The molecule has 0 radical (unpaired) electrons. The molecule has 1 aliphatic heterocycles. The maximum atomic E-state index is 5.47. The molecule has 1 aliphatic rings.